The highest BCUT2D eigenvalue weighted by atomic mass is 19.4. The minimum Gasteiger partial charge on any atom is -0.463 e. The lowest BCUT2D eigenvalue weighted by atomic mass is 10.2. The van der Waals surface area contributed by atoms with Gasteiger partial charge in [-0.15, -0.1) is 10.2 Å². The zero-order valence-corrected chi connectivity index (χ0v) is 16.5. The molecular weight excluding hydrogens is 432 g/mol. The van der Waals surface area contributed by atoms with Crippen molar-refractivity contribution in [3.8, 4) is 17.1 Å². The lowest BCUT2D eigenvalue weighted by Crippen LogP contribution is -2.31. The first-order chi connectivity index (χ1) is 14.4. The summed E-state index contributed by atoms with van der Waals surface area (Å²) in [5.41, 5.74) is -0.00790. The van der Waals surface area contributed by atoms with Gasteiger partial charge in [-0.05, 0) is 31.0 Å². The Hall–Kier alpha value is -2.96. The number of alkyl halides is 5. The van der Waals surface area contributed by atoms with Gasteiger partial charge < -0.3 is 9.47 Å². The molecule has 0 saturated heterocycles. The van der Waals surface area contributed by atoms with E-state index in [1.165, 1.54) is 12.1 Å². The number of fused-ring (bicyclic) bond motifs is 1. The van der Waals surface area contributed by atoms with Crippen LogP contribution in [-0.2, 0) is 10.8 Å². The molecule has 0 amide bonds. The summed E-state index contributed by atoms with van der Waals surface area (Å²) in [5.74, 6) is -3.07. The van der Waals surface area contributed by atoms with Crippen molar-refractivity contribution >= 4 is 5.65 Å². The van der Waals surface area contributed by atoms with Crippen molar-refractivity contribution in [1.82, 2.24) is 24.8 Å². The van der Waals surface area contributed by atoms with E-state index >= 15 is 0 Å². The zero-order valence-electron chi connectivity index (χ0n) is 16.5. The summed E-state index contributed by atoms with van der Waals surface area (Å²) in [4.78, 5) is 3.55. The summed E-state index contributed by atoms with van der Waals surface area (Å²) < 4.78 is 90.6. The van der Waals surface area contributed by atoms with Crippen LogP contribution in [0, 0.1) is 11.7 Å². The molecule has 0 saturated carbocycles. The van der Waals surface area contributed by atoms with E-state index in [0.717, 1.165) is 16.8 Å². The molecule has 1 atom stereocenters. The van der Waals surface area contributed by atoms with Crippen LogP contribution in [0.3, 0.4) is 0 Å². The van der Waals surface area contributed by atoms with Crippen molar-refractivity contribution < 1.29 is 35.8 Å². The normalized spacial score (nSPS) is 13.7. The van der Waals surface area contributed by atoms with E-state index in [4.69, 9.17) is 0 Å². The van der Waals surface area contributed by atoms with Gasteiger partial charge in [0.15, 0.2) is 17.6 Å². The Labute approximate surface area is 172 Å². The third-order valence-corrected chi connectivity index (χ3v) is 3.97. The molecule has 0 aliphatic carbocycles. The predicted molar refractivity (Wildman–Crippen MR) is 94.8 cm³/mol. The first-order valence-corrected chi connectivity index (χ1v) is 9.02. The molecule has 31 heavy (non-hydrogen) atoms. The van der Waals surface area contributed by atoms with Crippen molar-refractivity contribution in [2.75, 3.05) is 6.61 Å². The Morgan fingerprint density at radius 1 is 1.06 bits per heavy atom. The molecule has 0 aromatic carbocycles. The minimum absolute atomic E-state index is 0.00460. The van der Waals surface area contributed by atoms with Gasteiger partial charge in [-0.3, -0.25) is 0 Å². The number of pyridine rings is 1. The molecule has 3 aromatic heterocycles. The van der Waals surface area contributed by atoms with Gasteiger partial charge in [-0.2, -0.15) is 31.6 Å². The number of aromatic nitrogens is 5. The number of hydrogen-bond acceptors (Lipinski definition) is 6. The highest BCUT2D eigenvalue weighted by Gasteiger charge is 2.40. The smallest absolute Gasteiger partial charge is 0.425 e. The predicted octanol–water partition coefficient (Wildman–Crippen LogP) is 4.38. The van der Waals surface area contributed by atoms with Gasteiger partial charge in [0.05, 0.1) is 12.3 Å². The molecule has 0 bridgehead atoms. The fourth-order valence-corrected chi connectivity index (χ4v) is 2.35. The summed E-state index contributed by atoms with van der Waals surface area (Å²) in [6.07, 6.45) is -9.76. The molecule has 0 spiro atoms. The first kappa shape index (κ1) is 22.7. The van der Waals surface area contributed by atoms with Crippen LogP contribution >= 0.6 is 0 Å². The number of hydrogen-bond donors (Lipinski definition) is 0. The van der Waals surface area contributed by atoms with Gasteiger partial charge in [-0.1, -0.05) is 13.8 Å². The van der Waals surface area contributed by atoms with Crippen molar-refractivity contribution in [3.05, 3.63) is 36.0 Å². The Morgan fingerprint density at radius 2 is 1.77 bits per heavy atom. The maximum atomic E-state index is 14.4. The lowest BCUT2D eigenvalue weighted by Gasteiger charge is -2.17. The standard InChI is InChI=1S/C18H17F6N5O2/c1-9(2)8-30-18(23,24)16-27-26-14-5-4-13(28-29(14)16)11-6-12(19)15(25-7-11)31-10(3)17(20,21)22/h4-7,9-10H,8H2,1-3H3. The topological polar surface area (TPSA) is 74.4 Å². The largest absolute Gasteiger partial charge is 0.463 e. The summed E-state index contributed by atoms with van der Waals surface area (Å²) in [7, 11) is 0. The average molecular weight is 449 g/mol. The number of nitrogens with zero attached hydrogens (tertiary/aromatic N) is 5. The second-order valence-electron chi connectivity index (χ2n) is 7.05. The third kappa shape index (κ3) is 5.03. The van der Waals surface area contributed by atoms with Crippen molar-refractivity contribution in [1.29, 1.82) is 0 Å². The summed E-state index contributed by atoms with van der Waals surface area (Å²) in [6, 6.07) is 3.48. The fourth-order valence-electron chi connectivity index (χ4n) is 2.35. The molecule has 3 aromatic rings. The van der Waals surface area contributed by atoms with Gasteiger partial charge >= 0.3 is 12.3 Å². The van der Waals surface area contributed by atoms with Gasteiger partial charge in [0.25, 0.3) is 11.7 Å². The van der Waals surface area contributed by atoms with Gasteiger partial charge in [0, 0.05) is 11.8 Å². The third-order valence-electron chi connectivity index (χ3n) is 3.97. The van der Waals surface area contributed by atoms with E-state index in [-0.39, 0.29) is 29.4 Å². The van der Waals surface area contributed by atoms with Gasteiger partial charge in [-0.25, -0.2) is 9.37 Å². The van der Waals surface area contributed by atoms with Gasteiger partial charge in [0.2, 0.25) is 0 Å². The van der Waals surface area contributed by atoms with Crippen LogP contribution in [0.5, 0.6) is 5.88 Å². The molecule has 3 heterocycles. The molecule has 3 rings (SSSR count). The second kappa shape index (κ2) is 8.29. The molecule has 0 fully saturated rings. The SMILES string of the molecule is CC(C)COC(F)(F)c1nnc2ccc(-c3cnc(OC(C)C(F)(F)F)c(F)c3)nn12. The van der Waals surface area contributed by atoms with E-state index in [0.29, 0.717) is 6.92 Å². The van der Waals surface area contributed by atoms with Crippen LogP contribution in [0.4, 0.5) is 26.3 Å². The van der Waals surface area contributed by atoms with Crippen LogP contribution < -0.4 is 4.74 Å². The summed E-state index contributed by atoms with van der Waals surface area (Å²) in [6.45, 7) is 3.85. The molecular formula is C18H17F6N5O2. The lowest BCUT2D eigenvalue weighted by molar-refractivity contribution is -0.259. The molecule has 0 aliphatic rings. The molecule has 13 heteroatoms. The molecule has 0 radical (unpaired) electrons. The van der Waals surface area contributed by atoms with Crippen LogP contribution in [-0.4, -0.2) is 43.7 Å². The molecule has 0 aliphatic heterocycles. The van der Waals surface area contributed by atoms with Crippen LogP contribution in [0.25, 0.3) is 16.9 Å². The second-order valence-corrected chi connectivity index (χ2v) is 7.05. The number of ether oxygens (including phenoxy) is 2. The van der Waals surface area contributed by atoms with Crippen LogP contribution in [0.1, 0.15) is 26.6 Å². The molecule has 1 unspecified atom stereocenters. The molecule has 168 valence electrons. The summed E-state index contributed by atoms with van der Waals surface area (Å²) >= 11 is 0. The van der Waals surface area contributed by atoms with E-state index in [1.807, 2.05) is 0 Å². The Bertz CT molecular complexity index is 1070. The Morgan fingerprint density at radius 3 is 2.39 bits per heavy atom. The Kier molecular flexibility index (Phi) is 6.07. The fraction of sp³-hybridized carbons (Fsp3) is 0.444. The van der Waals surface area contributed by atoms with E-state index in [1.54, 1.807) is 13.8 Å². The minimum atomic E-state index is -4.70. The molecule has 0 N–H and O–H groups in total. The number of halogens is 6. The highest BCUT2D eigenvalue weighted by molar-refractivity contribution is 5.59. The zero-order chi connectivity index (χ0) is 23.0. The first-order valence-electron chi connectivity index (χ1n) is 9.02. The van der Waals surface area contributed by atoms with Crippen LogP contribution in [0.15, 0.2) is 24.4 Å². The highest BCUT2D eigenvalue weighted by Crippen LogP contribution is 2.30. The van der Waals surface area contributed by atoms with E-state index in [9.17, 15) is 26.3 Å². The van der Waals surface area contributed by atoms with E-state index in [2.05, 4.69) is 29.8 Å². The van der Waals surface area contributed by atoms with Crippen molar-refractivity contribution in [2.24, 2.45) is 5.92 Å². The van der Waals surface area contributed by atoms with Gasteiger partial charge in [0.1, 0.15) is 0 Å². The quantitative estimate of drug-likeness (QED) is 0.499. The Balaban J connectivity index is 1.92. The monoisotopic (exact) mass is 449 g/mol. The summed E-state index contributed by atoms with van der Waals surface area (Å²) in [5, 5.41) is 11.0. The maximum absolute atomic E-state index is 14.4. The molecule has 7 nitrogen and oxygen atoms in total. The van der Waals surface area contributed by atoms with Crippen molar-refractivity contribution in [3.63, 3.8) is 0 Å². The number of rotatable bonds is 7. The van der Waals surface area contributed by atoms with E-state index < -0.39 is 35.9 Å². The average Bonchev–Trinajstić information content (AvgIpc) is 3.11. The van der Waals surface area contributed by atoms with Crippen molar-refractivity contribution in [2.45, 2.75) is 39.2 Å². The van der Waals surface area contributed by atoms with Crippen LogP contribution in [0.2, 0.25) is 0 Å². The maximum Gasteiger partial charge on any atom is 0.425 e.